The number of hydrogen-bond donors (Lipinski definition) is 1. The van der Waals surface area contributed by atoms with Gasteiger partial charge in [-0.25, -0.2) is 8.78 Å². The number of aliphatic carboxylic acids is 1. The van der Waals surface area contributed by atoms with Gasteiger partial charge in [0, 0.05) is 0 Å². The number of nitrogens with zero attached hydrogens (tertiary/aromatic N) is 1. The topological polar surface area (TPSA) is 57.6 Å². The van der Waals surface area contributed by atoms with Gasteiger partial charge in [-0.1, -0.05) is 12.6 Å². The van der Waals surface area contributed by atoms with Crippen LogP contribution in [0.15, 0.2) is 30.9 Å². The molecule has 1 rings (SSSR count). The second kappa shape index (κ2) is 5.20. The predicted octanol–water partition coefficient (Wildman–Crippen LogP) is 1.57. The largest absolute Gasteiger partial charge is 0.480 e. The van der Waals surface area contributed by atoms with Crippen LogP contribution in [0, 0.1) is 11.6 Å². The Hall–Kier alpha value is -2.24. The van der Waals surface area contributed by atoms with E-state index in [9.17, 15) is 18.4 Å². The molecule has 1 aromatic rings. The van der Waals surface area contributed by atoms with E-state index in [4.69, 9.17) is 5.11 Å². The second-order valence-corrected chi connectivity index (χ2v) is 3.09. The quantitative estimate of drug-likeness (QED) is 0.814. The Bertz CT molecular complexity index is 454. The third kappa shape index (κ3) is 2.87. The van der Waals surface area contributed by atoms with Crippen molar-refractivity contribution in [2.75, 3.05) is 11.4 Å². The molecular formula is C11H9F2NO3. The summed E-state index contributed by atoms with van der Waals surface area (Å²) in [6.07, 6.45) is 0.787. The molecule has 0 aliphatic rings. The van der Waals surface area contributed by atoms with Crippen LogP contribution < -0.4 is 4.90 Å². The third-order valence-corrected chi connectivity index (χ3v) is 1.94. The maximum atomic E-state index is 13.4. The zero-order valence-corrected chi connectivity index (χ0v) is 8.69. The standard InChI is InChI=1S/C11H9F2NO3/c1-2-9(15)14(6-10(16)17)11-7(12)4-3-5-8(11)13/h2-5H,1,6H2,(H,16,17). The summed E-state index contributed by atoms with van der Waals surface area (Å²) in [5.74, 6) is -4.30. The summed E-state index contributed by atoms with van der Waals surface area (Å²) < 4.78 is 26.8. The van der Waals surface area contributed by atoms with E-state index in [-0.39, 0.29) is 0 Å². The number of carbonyl (C=O) groups is 2. The summed E-state index contributed by atoms with van der Waals surface area (Å²) in [4.78, 5) is 22.4. The molecule has 0 aliphatic carbocycles. The second-order valence-electron chi connectivity index (χ2n) is 3.09. The van der Waals surface area contributed by atoms with Crippen molar-refractivity contribution in [3.05, 3.63) is 42.5 Å². The minimum atomic E-state index is -1.39. The lowest BCUT2D eigenvalue weighted by molar-refractivity contribution is -0.136. The highest BCUT2D eigenvalue weighted by molar-refractivity contribution is 6.03. The molecule has 0 saturated heterocycles. The number of hydrogen-bond acceptors (Lipinski definition) is 2. The number of amides is 1. The van der Waals surface area contributed by atoms with E-state index in [1.54, 1.807) is 0 Å². The summed E-state index contributed by atoms with van der Waals surface area (Å²) in [6, 6.07) is 2.98. The fourth-order valence-electron chi connectivity index (χ4n) is 1.26. The molecular weight excluding hydrogens is 232 g/mol. The van der Waals surface area contributed by atoms with Crippen molar-refractivity contribution in [3.63, 3.8) is 0 Å². The van der Waals surface area contributed by atoms with Crippen LogP contribution in [0.3, 0.4) is 0 Å². The molecule has 1 N–H and O–H groups in total. The van der Waals surface area contributed by atoms with Gasteiger partial charge >= 0.3 is 5.97 Å². The van der Waals surface area contributed by atoms with Crippen molar-refractivity contribution in [2.45, 2.75) is 0 Å². The van der Waals surface area contributed by atoms with Gasteiger partial charge in [0.25, 0.3) is 5.91 Å². The Morgan fingerprint density at radius 3 is 2.29 bits per heavy atom. The van der Waals surface area contributed by atoms with E-state index in [1.807, 2.05) is 0 Å². The number of carboxylic acid groups (broad SMARTS) is 1. The molecule has 17 heavy (non-hydrogen) atoms. The Morgan fingerprint density at radius 1 is 1.35 bits per heavy atom. The maximum Gasteiger partial charge on any atom is 0.323 e. The lowest BCUT2D eigenvalue weighted by Gasteiger charge is -2.20. The number of benzene rings is 1. The zero-order chi connectivity index (χ0) is 13.0. The lowest BCUT2D eigenvalue weighted by atomic mass is 10.2. The fraction of sp³-hybridized carbons (Fsp3) is 0.0909. The van der Waals surface area contributed by atoms with E-state index in [1.165, 1.54) is 0 Å². The molecule has 90 valence electrons. The number of para-hydroxylation sites is 1. The summed E-state index contributed by atoms with van der Waals surface area (Å²) in [6.45, 7) is 2.30. The summed E-state index contributed by atoms with van der Waals surface area (Å²) >= 11 is 0. The minimum Gasteiger partial charge on any atom is -0.480 e. The molecule has 0 bridgehead atoms. The van der Waals surface area contributed by atoms with Crippen molar-refractivity contribution >= 4 is 17.6 Å². The van der Waals surface area contributed by atoms with Gasteiger partial charge in [0.1, 0.15) is 23.9 Å². The Balaban J connectivity index is 3.26. The number of carbonyl (C=O) groups excluding carboxylic acids is 1. The minimum absolute atomic E-state index is 0.472. The number of halogens is 2. The van der Waals surface area contributed by atoms with Crippen LogP contribution in [-0.4, -0.2) is 23.5 Å². The van der Waals surface area contributed by atoms with Crippen LogP contribution in [0.1, 0.15) is 0 Å². The van der Waals surface area contributed by atoms with Crippen LogP contribution in [0.2, 0.25) is 0 Å². The molecule has 1 amide bonds. The van der Waals surface area contributed by atoms with E-state index in [2.05, 4.69) is 6.58 Å². The Labute approximate surface area is 95.8 Å². The fourth-order valence-corrected chi connectivity index (χ4v) is 1.26. The van der Waals surface area contributed by atoms with Crippen molar-refractivity contribution in [2.24, 2.45) is 0 Å². The Kier molecular flexibility index (Phi) is 3.92. The van der Waals surface area contributed by atoms with Gasteiger partial charge in [0.15, 0.2) is 0 Å². The number of rotatable bonds is 4. The van der Waals surface area contributed by atoms with Gasteiger partial charge < -0.3 is 5.11 Å². The molecule has 0 heterocycles. The number of anilines is 1. The van der Waals surface area contributed by atoms with Crippen molar-refractivity contribution in [1.29, 1.82) is 0 Å². The molecule has 0 radical (unpaired) electrons. The zero-order valence-electron chi connectivity index (χ0n) is 8.69. The average Bonchev–Trinajstić information content (AvgIpc) is 2.26. The molecule has 0 unspecified atom stereocenters. The molecule has 0 fully saturated rings. The molecule has 4 nitrogen and oxygen atoms in total. The molecule has 0 aliphatic heterocycles. The summed E-state index contributed by atoms with van der Waals surface area (Å²) in [5, 5.41) is 8.60. The van der Waals surface area contributed by atoms with Gasteiger partial charge in [0.2, 0.25) is 0 Å². The van der Waals surface area contributed by atoms with Crippen molar-refractivity contribution < 1.29 is 23.5 Å². The van der Waals surface area contributed by atoms with Crippen LogP contribution in [0.4, 0.5) is 14.5 Å². The summed E-state index contributed by atoms with van der Waals surface area (Å²) in [7, 11) is 0. The van der Waals surface area contributed by atoms with Crippen LogP contribution in [-0.2, 0) is 9.59 Å². The van der Waals surface area contributed by atoms with E-state index < -0.39 is 35.7 Å². The average molecular weight is 241 g/mol. The third-order valence-electron chi connectivity index (χ3n) is 1.94. The van der Waals surface area contributed by atoms with Crippen molar-refractivity contribution in [1.82, 2.24) is 0 Å². The highest BCUT2D eigenvalue weighted by Gasteiger charge is 2.23. The van der Waals surface area contributed by atoms with Gasteiger partial charge in [-0.3, -0.25) is 14.5 Å². The van der Waals surface area contributed by atoms with E-state index >= 15 is 0 Å². The molecule has 1 aromatic carbocycles. The smallest absolute Gasteiger partial charge is 0.323 e. The first-order chi connectivity index (χ1) is 7.97. The highest BCUT2D eigenvalue weighted by Crippen LogP contribution is 2.23. The van der Waals surface area contributed by atoms with Crippen LogP contribution in [0.5, 0.6) is 0 Å². The van der Waals surface area contributed by atoms with Gasteiger partial charge in [0.05, 0.1) is 0 Å². The molecule has 0 aromatic heterocycles. The summed E-state index contributed by atoms with van der Waals surface area (Å²) in [5.41, 5.74) is -0.695. The Morgan fingerprint density at radius 2 is 1.88 bits per heavy atom. The van der Waals surface area contributed by atoms with Gasteiger partial charge in [-0.2, -0.15) is 0 Å². The monoisotopic (exact) mass is 241 g/mol. The predicted molar refractivity (Wildman–Crippen MR) is 56.5 cm³/mol. The molecule has 6 heteroatoms. The van der Waals surface area contributed by atoms with E-state index in [0.29, 0.717) is 4.90 Å². The first-order valence-corrected chi connectivity index (χ1v) is 4.57. The normalized spacial score (nSPS) is 9.76. The van der Waals surface area contributed by atoms with Gasteiger partial charge in [-0.15, -0.1) is 0 Å². The molecule has 0 saturated carbocycles. The van der Waals surface area contributed by atoms with E-state index in [0.717, 1.165) is 24.3 Å². The van der Waals surface area contributed by atoms with Crippen LogP contribution >= 0.6 is 0 Å². The van der Waals surface area contributed by atoms with Gasteiger partial charge in [-0.05, 0) is 18.2 Å². The van der Waals surface area contributed by atoms with Crippen molar-refractivity contribution in [3.8, 4) is 0 Å². The molecule has 0 atom stereocenters. The number of carboxylic acids is 1. The lowest BCUT2D eigenvalue weighted by Crippen LogP contribution is -2.35. The maximum absolute atomic E-state index is 13.4. The SMILES string of the molecule is C=CC(=O)N(CC(=O)O)c1c(F)cccc1F. The highest BCUT2D eigenvalue weighted by atomic mass is 19.1. The van der Waals surface area contributed by atoms with Crippen LogP contribution in [0.25, 0.3) is 0 Å². The first-order valence-electron chi connectivity index (χ1n) is 4.57. The molecule has 0 spiro atoms. The first kappa shape index (κ1) is 12.8.